The first-order chi connectivity index (χ1) is 12.0. The molecule has 3 aromatic rings. The minimum atomic E-state index is -0.301. The Bertz CT molecular complexity index is 914. The van der Waals surface area contributed by atoms with E-state index in [1.54, 1.807) is 23.5 Å². The summed E-state index contributed by atoms with van der Waals surface area (Å²) in [6, 6.07) is 11.3. The van der Waals surface area contributed by atoms with E-state index >= 15 is 0 Å². The molecule has 0 bridgehead atoms. The van der Waals surface area contributed by atoms with Crippen molar-refractivity contribution in [3.63, 3.8) is 0 Å². The van der Waals surface area contributed by atoms with Gasteiger partial charge in [0.15, 0.2) is 5.13 Å². The smallest absolute Gasteiger partial charge is 0.251 e. The maximum absolute atomic E-state index is 12.1. The van der Waals surface area contributed by atoms with E-state index in [0.717, 1.165) is 16.1 Å². The van der Waals surface area contributed by atoms with E-state index in [0.29, 0.717) is 10.7 Å². The molecule has 2 amide bonds. The Labute approximate surface area is 153 Å². The Hall–Kier alpha value is -2.51. The van der Waals surface area contributed by atoms with Crippen molar-refractivity contribution in [2.75, 3.05) is 11.9 Å². The van der Waals surface area contributed by atoms with Gasteiger partial charge in [0.05, 0.1) is 17.1 Å². The molecule has 1 aromatic carbocycles. The average molecular weight is 371 g/mol. The number of nitrogens with zero attached hydrogens (tertiary/aromatic N) is 1. The molecule has 25 heavy (non-hydrogen) atoms. The van der Waals surface area contributed by atoms with Crippen LogP contribution in [0, 0.1) is 13.8 Å². The van der Waals surface area contributed by atoms with Crippen molar-refractivity contribution >= 4 is 39.6 Å². The van der Waals surface area contributed by atoms with Crippen LogP contribution in [0.2, 0.25) is 0 Å². The van der Waals surface area contributed by atoms with Crippen molar-refractivity contribution in [1.82, 2.24) is 10.3 Å². The van der Waals surface area contributed by atoms with Crippen LogP contribution in [0.5, 0.6) is 0 Å². The topological polar surface area (TPSA) is 71.1 Å². The van der Waals surface area contributed by atoms with Gasteiger partial charge in [0.2, 0.25) is 5.91 Å². The fourth-order valence-electron chi connectivity index (χ4n) is 2.26. The first-order valence-electron chi connectivity index (χ1n) is 7.69. The molecule has 2 aromatic heterocycles. The van der Waals surface area contributed by atoms with E-state index in [9.17, 15) is 9.59 Å². The maximum atomic E-state index is 12.1. The molecule has 0 unspecified atom stereocenters. The van der Waals surface area contributed by atoms with Gasteiger partial charge in [-0.2, -0.15) is 0 Å². The molecule has 0 aliphatic carbocycles. The van der Waals surface area contributed by atoms with Gasteiger partial charge in [0, 0.05) is 15.8 Å². The van der Waals surface area contributed by atoms with E-state index in [1.807, 2.05) is 43.5 Å². The van der Waals surface area contributed by atoms with Crippen LogP contribution in [0.15, 0.2) is 41.8 Å². The summed E-state index contributed by atoms with van der Waals surface area (Å²) in [6.07, 6.45) is 0. The van der Waals surface area contributed by atoms with Crippen LogP contribution in [0.25, 0.3) is 10.6 Å². The highest BCUT2D eigenvalue weighted by atomic mass is 32.1. The predicted octanol–water partition coefficient (Wildman–Crippen LogP) is 3.86. The lowest BCUT2D eigenvalue weighted by atomic mass is 10.1. The molecular formula is C18H17N3O2S2. The summed E-state index contributed by atoms with van der Waals surface area (Å²) in [5, 5.41) is 7.78. The summed E-state index contributed by atoms with van der Waals surface area (Å²) >= 11 is 3.03. The predicted molar refractivity (Wildman–Crippen MR) is 102 cm³/mol. The van der Waals surface area contributed by atoms with E-state index in [-0.39, 0.29) is 18.4 Å². The monoisotopic (exact) mass is 371 g/mol. The number of thiophene rings is 1. The summed E-state index contributed by atoms with van der Waals surface area (Å²) in [7, 11) is 0. The number of nitrogens with one attached hydrogen (secondary N) is 2. The number of carbonyl (C=O) groups is 2. The Morgan fingerprint density at radius 3 is 2.64 bits per heavy atom. The molecule has 7 heteroatoms. The summed E-state index contributed by atoms with van der Waals surface area (Å²) < 4.78 is 0. The van der Waals surface area contributed by atoms with Crippen LogP contribution in [-0.4, -0.2) is 23.3 Å². The molecular weight excluding hydrogens is 354 g/mol. The number of hydrogen-bond donors (Lipinski definition) is 2. The van der Waals surface area contributed by atoms with Crippen molar-refractivity contribution in [1.29, 1.82) is 0 Å². The first-order valence-corrected chi connectivity index (χ1v) is 9.38. The standard InChI is InChI=1S/C18H17N3O2S2/c1-11-5-3-4-6-13(11)17(23)19-9-16(22)21-18-20-14(10-24-18)15-8-7-12(2)25-15/h3-8,10H,9H2,1-2H3,(H,19,23)(H,20,21,22). The number of rotatable bonds is 5. The largest absolute Gasteiger partial charge is 0.343 e. The summed E-state index contributed by atoms with van der Waals surface area (Å²) in [5.74, 6) is -0.563. The molecule has 0 spiro atoms. The zero-order chi connectivity index (χ0) is 17.8. The Kier molecular flexibility index (Phi) is 5.25. The minimum Gasteiger partial charge on any atom is -0.343 e. The van der Waals surface area contributed by atoms with Gasteiger partial charge in [0.25, 0.3) is 5.91 Å². The van der Waals surface area contributed by atoms with Crippen molar-refractivity contribution < 1.29 is 9.59 Å². The number of hydrogen-bond acceptors (Lipinski definition) is 5. The van der Waals surface area contributed by atoms with Gasteiger partial charge in [-0.15, -0.1) is 22.7 Å². The Morgan fingerprint density at radius 1 is 1.12 bits per heavy atom. The molecule has 0 saturated heterocycles. The molecule has 2 N–H and O–H groups in total. The lowest BCUT2D eigenvalue weighted by molar-refractivity contribution is -0.115. The van der Waals surface area contributed by atoms with E-state index in [1.165, 1.54) is 16.2 Å². The second-order valence-electron chi connectivity index (χ2n) is 5.49. The van der Waals surface area contributed by atoms with Gasteiger partial charge in [-0.05, 0) is 37.6 Å². The van der Waals surface area contributed by atoms with Crippen LogP contribution in [-0.2, 0) is 4.79 Å². The highest BCUT2D eigenvalue weighted by Gasteiger charge is 2.12. The first kappa shape index (κ1) is 17.3. The van der Waals surface area contributed by atoms with E-state index in [4.69, 9.17) is 0 Å². The van der Waals surface area contributed by atoms with Crippen molar-refractivity contribution in [3.05, 3.63) is 57.8 Å². The number of aryl methyl sites for hydroxylation is 2. The van der Waals surface area contributed by atoms with Gasteiger partial charge in [-0.25, -0.2) is 4.98 Å². The zero-order valence-electron chi connectivity index (χ0n) is 13.8. The van der Waals surface area contributed by atoms with E-state index in [2.05, 4.69) is 15.6 Å². The number of benzene rings is 1. The maximum Gasteiger partial charge on any atom is 0.251 e. The fourth-order valence-corrected chi connectivity index (χ4v) is 3.89. The zero-order valence-corrected chi connectivity index (χ0v) is 15.5. The fraction of sp³-hybridized carbons (Fsp3) is 0.167. The molecule has 128 valence electrons. The summed E-state index contributed by atoms with van der Waals surface area (Å²) in [6.45, 7) is 3.80. The Balaban J connectivity index is 1.55. The second-order valence-corrected chi connectivity index (χ2v) is 7.64. The molecule has 0 atom stereocenters. The number of carbonyl (C=O) groups excluding carboxylic acids is 2. The molecule has 0 saturated carbocycles. The normalized spacial score (nSPS) is 10.5. The lowest BCUT2D eigenvalue weighted by Crippen LogP contribution is -2.33. The quantitative estimate of drug-likeness (QED) is 0.715. The third-order valence-electron chi connectivity index (χ3n) is 3.54. The molecule has 5 nitrogen and oxygen atoms in total. The second kappa shape index (κ2) is 7.58. The Morgan fingerprint density at radius 2 is 1.92 bits per heavy atom. The summed E-state index contributed by atoms with van der Waals surface area (Å²) in [4.78, 5) is 30.8. The van der Waals surface area contributed by atoms with E-state index < -0.39 is 0 Å². The van der Waals surface area contributed by atoms with Gasteiger partial charge in [0.1, 0.15) is 0 Å². The molecule has 0 aliphatic heterocycles. The van der Waals surface area contributed by atoms with Crippen LogP contribution >= 0.6 is 22.7 Å². The minimum absolute atomic E-state index is 0.0970. The lowest BCUT2D eigenvalue weighted by Gasteiger charge is -2.07. The molecule has 0 fully saturated rings. The van der Waals surface area contributed by atoms with Crippen molar-refractivity contribution in [2.45, 2.75) is 13.8 Å². The third kappa shape index (κ3) is 4.32. The highest BCUT2D eigenvalue weighted by molar-refractivity contribution is 7.17. The van der Waals surface area contributed by atoms with Gasteiger partial charge >= 0.3 is 0 Å². The molecule has 2 heterocycles. The van der Waals surface area contributed by atoms with Crippen molar-refractivity contribution in [3.8, 4) is 10.6 Å². The van der Waals surface area contributed by atoms with Crippen molar-refractivity contribution in [2.24, 2.45) is 0 Å². The number of amides is 2. The van der Waals surface area contributed by atoms with Crippen LogP contribution in [0.3, 0.4) is 0 Å². The SMILES string of the molecule is Cc1ccc(-c2csc(NC(=O)CNC(=O)c3ccccc3C)n2)s1. The summed E-state index contributed by atoms with van der Waals surface area (Å²) in [5.41, 5.74) is 2.29. The number of anilines is 1. The van der Waals surface area contributed by atoms with Gasteiger partial charge < -0.3 is 10.6 Å². The van der Waals surface area contributed by atoms with Gasteiger partial charge in [-0.3, -0.25) is 9.59 Å². The van der Waals surface area contributed by atoms with Gasteiger partial charge in [-0.1, -0.05) is 18.2 Å². The number of thiazole rings is 1. The average Bonchev–Trinajstić information content (AvgIpc) is 3.22. The third-order valence-corrected chi connectivity index (χ3v) is 5.32. The number of aromatic nitrogens is 1. The van der Waals surface area contributed by atoms with Crippen LogP contribution in [0.4, 0.5) is 5.13 Å². The molecule has 0 radical (unpaired) electrons. The molecule has 3 rings (SSSR count). The van der Waals surface area contributed by atoms with Crippen LogP contribution in [0.1, 0.15) is 20.8 Å². The highest BCUT2D eigenvalue weighted by Crippen LogP contribution is 2.30. The molecule has 0 aliphatic rings. The van der Waals surface area contributed by atoms with Crippen LogP contribution < -0.4 is 10.6 Å².